The maximum absolute atomic E-state index is 12.1. The molecule has 0 spiro atoms. The minimum atomic E-state index is -0.00315. The molecule has 2 N–H and O–H groups in total. The van der Waals surface area contributed by atoms with Gasteiger partial charge in [0.05, 0.1) is 6.54 Å². The summed E-state index contributed by atoms with van der Waals surface area (Å²) in [6, 6.07) is 7.93. The molecule has 102 valence electrons. The lowest BCUT2D eigenvalue weighted by atomic mass is 10.1. The molecule has 20 heavy (non-hydrogen) atoms. The van der Waals surface area contributed by atoms with Crippen LogP contribution in [0.4, 0.5) is 0 Å². The van der Waals surface area contributed by atoms with E-state index < -0.39 is 0 Å². The van der Waals surface area contributed by atoms with Crippen LogP contribution < -0.4 is 5.73 Å². The number of amidine groups is 1. The Morgan fingerprint density at radius 2 is 1.90 bits per heavy atom. The highest BCUT2D eigenvalue weighted by atomic mass is 16.2. The smallest absolute Gasteiger partial charge is 0.263 e. The van der Waals surface area contributed by atoms with Gasteiger partial charge in [0.15, 0.2) is 5.84 Å². The molecule has 0 atom stereocenters. The minimum Gasteiger partial charge on any atom is -0.326 e. The van der Waals surface area contributed by atoms with Crippen LogP contribution in [0.3, 0.4) is 0 Å². The van der Waals surface area contributed by atoms with Crippen LogP contribution in [0, 0.1) is 0 Å². The topological polar surface area (TPSA) is 61.9 Å². The molecule has 0 fully saturated rings. The van der Waals surface area contributed by atoms with Crippen molar-refractivity contribution in [1.29, 1.82) is 0 Å². The molecular weight excluding hydrogens is 252 g/mol. The Hall–Kier alpha value is -2.40. The second-order valence-corrected chi connectivity index (χ2v) is 4.76. The van der Waals surface area contributed by atoms with Crippen molar-refractivity contribution >= 4 is 11.7 Å². The van der Waals surface area contributed by atoms with E-state index >= 15 is 0 Å². The van der Waals surface area contributed by atoms with Gasteiger partial charge in [-0.05, 0) is 23.3 Å². The van der Waals surface area contributed by atoms with Crippen LogP contribution in [0.5, 0.6) is 0 Å². The number of rotatable bonds is 3. The van der Waals surface area contributed by atoms with Crippen molar-refractivity contribution in [3.8, 4) is 0 Å². The van der Waals surface area contributed by atoms with Crippen LogP contribution in [0.2, 0.25) is 0 Å². The fraction of sp³-hybridized carbons (Fsp3) is 0.200. The molecule has 1 aromatic rings. The van der Waals surface area contributed by atoms with Crippen molar-refractivity contribution in [2.24, 2.45) is 10.8 Å². The van der Waals surface area contributed by atoms with Gasteiger partial charge in [-0.25, -0.2) is 5.01 Å². The lowest BCUT2D eigenvalue weighted by Gasteiger charge is -2.31. The molecule has 0 bridgehead atoms. The van der Waals surface area contributed by atoms with Crippen LogP contribution in [0.15, 0.2) is 53.8 Å². The van der Waals surface area contributed by atoms with Crippen molar-refractivity contribution in [1.82, 2.24) is 9.91 Å². The van der Waals surface area contributed by atoms with Gasteiger partial charge >= 0.3 is 0 Å². The number of hydrogen-bond acceptors (Lipinski definition) is 4. The van der Waals surface area contributed by atoms with E-state index in [0.29, 0.717) is 19.6 Å². The fourth-order valence-electron chi connectivity index (χ4n) is 2.18. The van der Waals surface area contributed by atoms with Gasteiger partial charge in [-0.1, -0.05) is 30.3 Å². The first kappa shape index (κ1) is 12.6. The van der Waals surface area contributed by atoms with Crippen molar-refractivity contribution in [2.45, 2.75) is 13.1 Å². The van der Waals surface area contributed by atoms with Gasteiger partial charge in [-0.2, -0.15) is 5.10 Å². The van der Waals surface area contributed by atoms with E-state index in [0.717, 1.165) is 17.0 Å². The molecule has 1 amide bonds. The van der Waals surface area contributed by atoms with Crippen molar-refractivity contribution < 1.29 is 4.79 Å². The van der Waals surface area contributed by atoms with Crippen LogP contribution in [-0.4, -0.2) is 28.2 Å². The summed E-state index contributed by atoms with van der Waals surface area (Å²) in [5.74, 6) is 0.794. The Morgan fingerprint density at radius 3 is 2.65 bits per heavy atom. The van der Waals surface area contributed by atoms with Crippen LogP contribution in [-0.2, 0) is 17.9 Å². The van der Waals surface area contributed by atoms with Gasteiger partial charge in [-0.3, -0.25) is 4.79 Å². The zero-order chi connectivity index (χ0) is 13.9. The quantitative estimate of drug-likeness (QED) is 0.895. The highest BCUT2D eigenvalue weighted by Gasteiger charge is 2.24. The molecule has 5 nitrogen and oxygen atoms in total. The van der Waals surface area contributed by atoms with Crippen LogP contribution in [0.25, 0.3) is 0 Å². The number of nitrogens with two attached hydrogens (primary N) is 1. The van der Waals surface area contributed by atoms with E-state index in [9.17, 15) is 4.79 Å². The predicted molar refractivity (Wildman–Crippen MR) is 77.3 cm³/mol. The number of hydrazone groups is 1. The van der Waals surface area contributed by atoms with E-state index in [4.69, 9.17) is 5.73 Å². The highest BCUT2D eigenvalue weighted by molar-refractivity contribution is 6.00. The normalized spacial score (nSPS) is 17.2. The maximum Gasteiger partial charge on any atom is 0.263 e. The number of allylic oxidation sites excluding steroid dienone is 2. The first-order valence-electron chi connectivity index (χ1n) is 6.54. The third-order valence-corrected chi connectivity index (χ3v) is 3.32. The Labute approximate surface area is 117 Å². The number of nitrogens with zero attached hydrogens (tertiary/aromatic N) is 3. The van der Waals surface area contributed by atoms with E-state index in [1.54, 1.807) is 0 Å². The minimum absolute atomic E-state index is 0.00315. The fourth-order valence-corrected chi connectivity index (χ4v) is 2.18. The standard InChI is InChI=1S/C15H16N4O/c16-9-12-4-6-13(7-5-12)10-19-15(20)11-18-8-2-1-3-14(18)17-19/h1-8H,9-11,16H2. The maximum atomic E-state index is 12.1. The summed E-state index contributed by atoms with van der Waals surface area (Å²) in [4.78, 5) is 13.9. The Kier molecular flexibility index (Phi) is 3.35. The largest absolute Gasteiger partial charge is 0.326 e. The molecule has 2 aliphatic rings. The summed E-state index contributed by atoms with van der Waals surface area (Å²) >= 11 is 0. The van der Waals surface area contributed by atoms with E-state index in [-0.39, 0.29) is 5.91 Å². The van der Waals surface area contributed by atoms with Gasteiger partial charge in [0, 0.05) is 12.7 Å². The highest BCUT2D eigenvalue weighted by Crippen LogP contribution is 2.14. The number of fused-ring (bicyclic) bond motifs is 1. The molecule has 0 aromatic heterocycles. The number of amides is 1. The number of hydrogen-bond donors (Lipinski definition) is 1. The lowest BCUT2D eigenvalue weighted by Crippen LogP contribution is -2.44. The summed E-state index contributed by atoms with van der Waals surface area (Å²) in [6.07, 6.45) is 7.58. The molecule has 0 saturated heterocycles. The first-order chi connectivity index (χ1) is 9.76. The molecule has 2 heterocycles. The molecule has 0 saturated carbocycles. The Balaban J connectivity index is 1.77. The van der Waals surface area contributed by atoms with Gasteiger partial charge in [-0.15, -0.1) is 0 Å². The second-order valence-electron chi connectivity index (χ2n) is 4.76. The average molecular weight is 268 g/mol. The molecule has 2 aliphatic heterocycles. The molecular formula is C15H16N4O. The Bertz CT molecular complexity index is 601. The van der Waals surface area contributed by atoms with Crippen LogP contribution in [0.1, 0.15) is 11.1 Å². The molecule has 0 unspecified atom stereocenters. The monoisotopic (exact) mass is 268 g/mol. The number of carbonyl (C=O) groups excluding carboxylic acids is 1. The average Bonchev–Trinajstić information content (AvgIpc) is 2.49. The first-order valence-corrected chi connectivity index (χ1v) is 6.54. The molecule has 0 radical (unpaired) electrons. The molecule has 0 aliphatic carbocycles. The van der Waals surface area contributed by atoms with Gasteiger partial charge in [0.2, 0.25) is 0 Å². The second kappa shape index (κ2) is 5.30. The van der Waals surface area contributed by atoms with Gasteiger partial charge < -0.3 is 10.6 Å². The molecule has 3 rings (SSSR count). The number of benzene rings is 1. The summed E-state index contributed by atoms with van der Waals surface area (Å²) in [7, 11) is 0. The summed E-state index contributed by atoms with van der Waals surface area (Å²) in [6.45, 7) is 1.34. The van der Waals surface area contributed by atoms with E-state index in [1.165, 1.54) is 5.01 Å². The zero-order valence-electron chi connectivity index (χ0n) is 11.1. The van der Waals surface area contributed by atoms with Crippen molar-refractivity contribution in [3.63, 3.8) is 0 Å². The SMILES string of the molecule is NCc1ccc(CN2N=C3C=CC=CN3CC2=O)cc1. The van der Waals surface area contributed by atoms with E-state index in [1.807, 2.05) is 53.6 Å². The van der Waals surface area contributed by atoms with Crippen molar-refractivity contribution in [3.05, 3.63) is 59.8 Å². The molecule has 1 aromatic carbocycles. The Morgan fingerprint density at radius 1 is 1.15 bits per heavy atom. The zero-order valence-corrected chi connectivity index (χ0v) is 11.1. The lowest BCUT2D eigenvalue weighted by molar-refractivity contribution is -0.132. The van der Waals surface area contributed by atoms with Gasteiger partial charge in [0.25, 0.3) is 5.91 Å². The summed E-state index contributed by atoms with van der Waals surface area (Å²) < 4.78 is 0. The third-order valence-electron chi connectivity index (χ3n) is 3.32. The van der Waals surface area contributed by atoms with E-state index in [2.05, 4.69) is 5.10 Å². The number of carbonyl (C=O) groups is 1. The molecule has 5 heteroatoms. The third kappa shape index (κ3) is 2.48. The predicted octanol–water partition coefficient (Wildman–Crippen LogP) is 1.19. The van der Waals surface area contributed by atoms with Crippen LogP contribution >= 0.6 is 0 Å². The summed E-state index contributed by atoms with van der Waals surface area (Å²) in [5, 5.41) is 5.91. The summed E-state index contributed by atoms with van der Waals surface area (Å²) in [5.41, 5.74) is 7.70. The van der Waals surface area contributed by atoms with Crippen molar-refractivity contribution in [2.75, 3.05) is 6.54 Å². The van der Waals surface area contributed by atoms with Gasteiger partial charge in [0.1, 0.15) is 6.54 Å².